The third-order valence-corrected chi connectivity index (χ3v) is 15.3. The molecule has 3 atom stereocenters. The van der Waals surface area contributed by atoms with Crippen LogP contribution >= 0.6 is 22.7 Å². The molecule has 3 aromatic carbocycles. The molecule has 0 saturated heterocycles. The number of benzene rings is 3. The predicted octanol–water partition coefficient (Wildman–Crippen LogP) is 6.36. The van der Waals surface area contributed by atoms with E-state index in [1.807, 2.05) is 36.1 Å². The molecule has 438 valence electrons. The highest BCUT2D eigenvalue weighted by molar-refractivity contribution is 7.22. The number of aromatic nitrogens is 4. The lowest BCUT2D eigenvalue weighted by Crippen LogP contribution is -2.51. The zero-order valence-electron chi connectivity index (χ0n) is 46.5. The van der Waals surface area contributed by atoms with Crippen molar-refractivity contribution in [3.05, 3.63) is 105 Å². The number of aromatic carboxylic acids is 1. The Bertz CT molecular complexity index is 3380. The largest absolute Gasteiger partial charge is 0.491 e. The highest BCUT2D eigenvalue weighted by atomic mass is 32.1. The Morgan fingerprint density at radius 2 is 1.80 bits per heavy atom. The highest BCUT2D eigenvalue weighted by Crippen LogP contribution is 2.39. The number of hydrogen-bond donors (Lipinski definition) is 8. The van der Waals surface area contributed by atoms with Crippen LogP contribution in [0.2, 0.25) is 0 Å². The first-order chi connectivity index (χ1) is 39.8. The molecule has 83 heavy (non-hydrogen) atoms. The lowest BCUT2D eigenvalue weighted by Gasteiger charge is -2.28. The van der Waals surface area contributed by atoms with Crippen molar-refractivity contribution in [1.82, 2.24) is 40.6 Å². The number of halogens is 1. The lowest BCUT2D eigenvalue weighted by atomic mass is 10.0. The molecule has 3 aromatic heterocycles. The van der Waals surface area contributed by atoms with Crippen LogP contribution in [0.15, 0.2) is 60.7 Å². The number of anilines is 5. The molecule has 23 nitrogen and oxygen atoms in total. The number of nitrogens with one attached hydrogen (secondary N) is 4. The van der Waals surface area contributed by atoms with Crippen LogP contribution < -0.4 is 42.4 Å². The van der Waals surface area contributed by atoms with Gasteiger partial charge in [-0.05, 0) is 112 Å². The van der Waals surface area contributed by atoms with Gasteiger partial charge in [-0.1, -0.05) is 61.1 Å². The number of aliphatic hydroxyl groups excluding tert-OH is 1. The van der Waals surface area contributed by atoms with Crippen LogP contribution in [0.1, 0.15) is 82.7 Å². The summed E-state index contributed by atoms with van der Waals surface area (Å²) < 4.78 is 33.0. The molecule has 0 spiro atoms. The first-order valence-electron chi connectivity index (χ1n) is 26.5. The van der Waals surface area contributed by atoms with Crippen molar-refractivity contribution in [1.29, 1.82) is 0 Å². The smallest absolute Gasteiger partial charge is 0.410 e. The fourth-order valence-corrected chi connectivity index (χ4v) is 10.5. The van der Waals surface area contributed by atoms with E-state index in [1.54, 1.807) is 45.2 Å². The van der Waals surface area contributed by atoms with E-state index < -0.39 is 54.2 Å². The van der Waals surface area contributed by atoms with Gasteiger partial charge in [-0.3, -0.25) is 14.5 Å². The number of nitrogens with zero attached hydrogens (tertiary/aromatic N) is 7. The van der Waals surface area contributed by atoms with E-state index in [0.29, 0.717) is 75.0 Å². The van der Waals surface area contributed by atoms with Crippen LogP contribution in [0.4, 0.5) is 41.6 Å². The van der Waals surface area contributed by atoms with Crippen LogP contribution in [0.25, 0.3) is 10.2 Å². The van der Waals surface area contributed by atoms with Crippen molar-refractivity contribution in [2.75, 3.05) is 62.5 Å². The molecule has 0 saturated carbocycles. The number of hydrogen-bond acceptors (Lipinski definition) is 19. The summed E-state index contributed by atoms with van der Waals surface area (Å²) in [6, 6.07) is 14.3. The Labute approximate surface area is 487 Å². The van der Waals surface area contributed by atoms with Crippen LogP contribution in [0.5, 0.6) is 5.75 Å². The van der Waals surface area contributed by atoms with Crippen LogP contribution in [0, 0.1) is 42.8 Å². The number of aryl methyl sites for hydroxylation is 1. The van der Waals surface area contributed by atoms with Gasteiger partial charge in [0, 0.05) is 53.9 Å². The van der Waals surface area contributed by atoms with Crippen LogP contribution in [-0.4, -0.2) is 136 Å². The quantitative estimate of drug-likeness (QED) is 0.0166. The van der Waals surface area contributed by atoms with Gasteiger partial charge in [-0.15, -0.1) is 28.0 Å². The number of ether oxygens (including phenoxy) is 3. The minimum absolute atomic E-state index is 0.0161. The number of carboxylic acid groups (broad SMARTS) is 1. The number of para-hydroxylation sites is 1. The van der Waals surface area contributed by atoms with E-state index in [2.05, 4.69) is 59.2 Å². The summed E-state index contributed by atoms with van der Waals surface area (Å²) in [5, 5.41) is 42.3. The molecule has 0 radical (unpaired) electrons. The van der Waals surface area contributed by atoms with Gasteiger partial charge in [-0.25, -0.2) is 28.7 Å². The fourth-order valence-electron chi connectivity index (χ4n) is 8.56. The molecular formula is C57H66FN13O10S2. The number of nitrogens with two attached hydrogens (primary N) is 2. The maximum atomic E-state index is 15.3. The molecule has 1 aliphatic heterocycles. The Morgan fingerprint density at radius 3 is 2.53 bits per heavy atom. The van der Waals surface area contributed by atoms with E-state index in [0.717, 1.165) is 34.2 Å². The second kappa shape index (κ2) is 29.5. The molecular weight excluding hydrogens is 1110 g/mol. The van der Waals surface area contributed by atoms with Crippen molar-refractivity contribution in [3.8, 4) is 29.9 Å². The number of carbonyl (C=O) groups excluding carboxylic acids is 4. The first-order valence-corrected chi connectivity index (χ1v) is 28.2. The summed E-state index contributed by atoms with van der Waals surface area (Å²) in [5.41, 5.74) is 15.6. The number of terminal acetylenes is 1. The summed E-state index contributed by atoms with van der Waals surface area (Å²) in [6.07, 6.45) is 5.85. The monoisotopic (exact) mass is 1180 g/mol. The maximum absolute atomic E-state index is 15.3. The molecule has 6 aromatic rings. The van der Waals surface area contributed by atoms with Crippen molar-refractivity contribution < 1.29 is 52.8 Å². The number of fused-ring (bicyclic) bond motifs is 2. The topological polar surface area (TPSA) is 315 Å². The van der Waals surface area contributed by atoms with Crippen molar-refractivity contribution in [3.63, 3.8) is 0 Å². The van der Waals surface area contributed by atoms with Gasteiger partial charge >= 0.3 is 18.1 Å². The molecule has 10 N–H and O–H groups in total. The zero-order valence-corrected chi connectivity index (χ0v) is 48.1. The Morgan fingerprint density at radius 1 is 1.00 bits per heavy atom. The Balaban J connectivity index is 0.919. The average Bonchev–Trinajstić information content (AvgIpc) is 3.78. The lowest BCUT2D eigenvalue weighted by molar-refractivity contribution is -0.180. The van der Waals surface area contributed by atoms with Gasteiger partial charge in [0.15, 0.2) is 39.2 Å². The van der Waals surface area contributed by atoms with Gasteiger partial charge in [-0.2, -0.15) is 0 Å². The Kier molecular flexibility index (Phi) is 22.1. The second-order valence-corrected chi connectivity index (χ2v) is 21.8. The van der Waals surface area contributed by atoms with E-state index in [4.69, 9.17) is 32.1 Å². The minimum Gasteiger partial charge on any atom is -0.491 e. The summed E-state index contributed by atoms with van der Waals surface area (Å²) >= 11 is 2.79. The number of urea groups is 1. The molecule has 1 unspecified atom stereocenters. The summed E-state index contributed by atoms with van der Waals surface area (Å²) in [4.78, 5) is 77.7. The normalized spacial score (nSPS) is 13.0. The molecule has 0 aliphatic carbocycles. The van der Waals surface area contributed by atoms with E-state index in [1.165, 1.54) is 51.7 Å². The average molecular weight is 1180 g/mol. The van der Waals surface area contributed by atoms with Crippen molar-refractivity contribution >= 4 is 90.4 Å². The Hall–Kier alpha value is -8.50. The maximum Gasteiger partial charge on any atom is 0.410 e. The molecule has 4 heterocycles. The highest BCUT2D eigenvalue weighted by Gasteiger charge is 2.30. The van der Waals surface area contributed by atoms with E-state index >= 15 is 4.39 Å². The number of carboxylic acids is 1. The van der Waals surface area contributed by atoms with Crippen LogP contribution in [-0.2, 0) is 45.1 Å². The predicted molar refractivity (Wildman–Crippen MR) is 313 cm³/mol. The van der Waals surface area contributed by atoms with Gasteiger partial charge in [0.2, 0.25) is 18.2 Å². The fraction of sp³-hybridized carbons (Fsp3) is 0.386. The van der Waals surface area contributed by atoms with Crippen molar-refractivity contribution in [2.45, 2.75) is 90.9 Å². The summed E-state index contributed by atoms with van der Waals surface area (Å²) in [6.45, 7) is 5.90. The molecule has 5 amide bonds. The molecule has 0 fully saturated rings. The third kappa shape index (κ3) is 17.0. The van der Waals surface area contributed by atoms with Gasteiger partial charge in [0.1, 0.15) is 19.3 Å². The van der Waals surface area contributed by atoms with Gasteiger partial charge in [0.05, 0.1) is 29.4 Å². The number of amides is 5. The minimum atomic E-state index is -1.41. The van der Waals surface area contributed by atoms with E-state index in [9.17, 15) is 34.2 Å². The molecule has 0 bridgehead atoms. The number of aliphatic hydroxyl groups is 1. The second-order valence-electron chi connectivity index (χ2n) is 19.7. The number of primary amides is 1. The first kappa shape index (κ1) is 62.1. The number of carbonyl (C=O) groups is 5. The molecule has 26 heteroatoms. The third-order valence-electron chi connectivity index (χ3n) is 13.2. The van der Waals surface area contributed by atoms with Crippen LogP contribution in [0.3, 0.4) is 0 Å². The standard InChI is InChI=1S/C57H66FN13O10S2/c1-7-27-80-57(78)70(6)31-37-30-38(62-50(72)42(17-10-24-61-53(60)76)63-51(73)46(59)33(2)3)22-21-36(37)32-81-56(77)69(5)25-11-14-35-20-23-43(40(58)29-35)79-28-13-19-45-47(52(74)75)65-55(83-45)71-26-12-15-39-34(4)48(67-68-49(39)71)66-54-64-41-16-8-9-18-44(41)82-54/h1,8-9,16,18,20-23,29-30,33,42,46,57,78H,10,12-13,15,17,19,24-28,31-32,59H2,2-6H3,(H,62,72)(H,63,73)(H,74,75)(H3,60,61,76)(H,64,66,67)/t42-,46-,57?/m0/s1. The number of rotatable bonds is 26. The molecule has 1 aliphatic rings. The molecule has 7 rings (SSSR count). The van der Waals surface area contributed by atoms with Gasteiger partial charge in [0.25, 0.3) is 0 Å². The number of thiazole rings is 2. The summed E-state index contributed by atoms with van der Waals surface area (Å²) in [5.74, 6) is 6.07. The summed E-state index contributed by atoms with van der Waals surface area (Å²) in [7, 11) is 3.04. The van der Waals surface area contributed by atoms with Gasteiger partial charge < -0.3 is 67.0 Å². The van der Waals surface area contributed by atoms with Crippen molar-refractivity contribution in [2.24, 2.45) is 17.4 Å². The van der Waals surface area contributed by atoms with E-state index in [-0.39, 0.29) is 63.2 Å². The zero-order chi connectivity index (χ0) is 59.7. The SMILES string of the molecule is C#CCOC(O)N(C)Cc1cc(NC(=O)[C@H](CCCNC(N)=O)NC(=O)[C@@H](N)C(C)C)ccc1COC(=O)N(C)CC#Cc1ccc(OCCCc2sc(N3CCCc4c3nnc(Nc3nc5ccccc5s3)c4C)nc2C(=O)O)c(F)c1.